The molecule has 0 spiro atoms. The molecule has 0 aliphatic rings. The van der Waals surface area contributed by atoms with Crippen LogP contribution in [0.2, 0.25) is 0 Å². The first-order chi connectivity index (χ1) is 65.4. The van der Waals surface area contributed by atoms with Crippen molar-refractivity contribution in [2.45, 2.75) is 0 Å². The smallest absolute Gasteiger partial charge is 0.0535 e. The van der Waals surface area contributed by atoms with E-state index in [1.54, 1.807) is 0 Å². The van der Waals surface area contributed by atoms with Crippen molar-refractivity contribution >= 4 is 127 Å². The number of thiophene rings is 3. The molecule has 132 heavy (non-hydrogen) atoms. The first-order valence-electron chi connectivity index (χ1n) is 45.0. The minimum Gasteiger partial charge on any atom is -0.316 e. The van der Waals surface area contributed by atoms with Crippen molar-refractivity contribution in [2.75, 3.05) is 0 Å². The van der Waals surface area contributed by atoms with Gasteiger partial charge >= 0.3 is 0 Å². The predicted molar refractivity (Wildman–Crippen MR) is 568 cm³/mol. The van der Waals surface area contributed by atoms with Gasteiger partial charge in [-0.1, -0.05) is 382 Å². The predicted octanol–water partition coefficient (Wildman–Crippen LogP) is 36.3. The van der Waals surface area contributed by atoms with Gasteiger partial charge in [0, 0.05) is 129 Å². The molecule has 6 heterocycles. The molecule has 6 aromatic heterocycles. The maximum absolute atomic E-state index is 2.36. The van der Waals surface area contributed by atoms with E-state index in [9.17, 15) is 0 Å². The van der Waals surface area contributed by atoms with Crippen LogP contribution in [0.4, 0.5) is 0 Å². The Labute approximate surface area is 778 Å². The quantitative estimate of drug-likeness (QED) is 0.103. The van der Waals surface area contributed by atoms with Gasteiger partial charge < -0.3 is 13.7 Å². The average Bonchev–Trinajstić information content (AvgIpc) is 1.63. The lowest BCUT2D eigenvalue weighted by molar-refractivity contribution is 1.13. The van der Waals surface area contributed by atoms with Crippen LogP contribution in [-0.4, -0.2) is 13.7 Å². The highest BCUT2D eigenvalue weighted by Gasteiger charge is 2.21. The highest BCUT2D eigenvalue weighted by Crippen LogP contribution is 2.47. The fourth-order valence-electron chi connectivity index (χ4n) is 19.3. The maximum Gasteiger partial charge on any atom is 0.0535 e. The lowest BCUT2D eigenvalue weighted by Crippen LogP contribution is -1.92. The molecule has 0 bridgehead atoms. The van der Waals surface area contributed by atoms with E-state index in [0.29, 0.717) is 0 Å². The van der Waals surface area contributed by atoms with Crippen LogP contribution in [0.25, 0.3) is 233 Å². The van der Waals surface area contributed by atoms with Crippen LogP contribution in [0, 0.1) is 0 Å². The lowest BCUT2D eigenvalue weighted by Gasteiger charge is -2.09. The Hall–Kier alpha value is -16.3. The third kappa shape index (κ3) is 15.0. The molecule has 0 aliphatic heterocycles. The summed E-state index contributed by atoms with van der Waals surface area (Å²) in [7, 11) is 0. The van der Waals surface area contributed by atoms with Gasteiger partial charge in [0.1, 0.15) is 0 Å². The minimum absolute atomic E-state index is 1.14. The molecule has 0 amide bonds. The molecular weight excluding hydrogens is 1650 g/mol. The third-order valence-corrected chi connectivity index (χ3v) is 29.6. The van der Waals surface area contributed by atoms with E-state index in [-0.39, 0.29) is 0 Å². The second kappa shape index (κ2) is 34.4. The van der Waals surface area contributed by atoms with Crippen LogP contribution >= 0.6 is 34.0 Å². The third-order valence-electron chi connectivity index (χ3n) is 26.0. The number of aromatic nitrogens is 3. The van der Waals surface area contributed by atoms with E-state index in [2.05, 4.69) is 518 Å². The zero-order chi connectivity index (χ0) is 87.4. The molecule has 26 aromatic rings. The summed E-state index contributed by atoms with van der Waals surface area (Å²) in [6.45, 7) is 0. The van der Waals surface area contributed by atoms with Crippen LogP contribution in [0.1, 0.15) is 0 Å². The van der Waals surface area contributed by atoms with Gasteiger partial charge in [-0.3, -0.25) is 0 Å². The summed E-state index contributed by atoms with van der Waals surface area (Å²) in [5.41, 5.74) is 34.2. The molecule has 620 valence electrons. The SMILES string of the molecule is c1ccc(-c2ccc(-c3ccc4c(c3)c(-c3ccc(-c5ccccc5)cc3)cn4-c3ccc(-c4cccc5c4sc4ccccc45)cc3)cc2)cc1.c1ccc(-c2ccc3c(c2)c(-c2ccccc2)cn3-c2ccc(-c3ccc4sc5ccccc5c4c3)cc2)cc1.c1ccc(-c2ccc3c(c2)c(-c2ccccc2)cn3-c2ccc(-c3cccc4c3sc3ccccc34)cc2)cc1. The fraction of sp³-hybridized carbons (Fsp3) is 0. The molecule has 0 fully saturated rings. The van der Waals surface area contributed by atoms with Crippen LogP contribution in [0.15, 0.2) is 504 Å². The topological polar surface area (TPSA) is 14.8 Å². The minimum atomic E-state index is 1.14. The summed E-state index contributed by atoms with van der Waals surface area (Å²) in [6.07, 6.45) is 6.88. The molecule has 0 atom stereocenters. The highest BCUT2D eigenvalue weighted by atomic mass is 32.1. The Morgan fingerprint density at radius 3 is 0.705 bits per heavy atom. The first-order valence-corrected chi connectivity index (χ1v) is 47.4. The zero-order valence-corrected chi connectivity index (χ0v) is 74.4. The van der Waals surface area contributed by atoms with E-state index >= 15 is 0 Å². The largest absolute Gasteiger partial charge is 0.316 e. The van der Waals surface area contributed by atoms with Gasteiger partial charge in [-0.05, 0) is 209 Å². The Kier molecular flexibility index (Phi) is 20.6. The standard InChI is InChI=1S/C50H33NS.2C38H25NS/c1-3-10-34(11-4-1)36-18-20-38(21-19-36)41-28-31-48-46(32-41)47(40-24-22-37(23-25-40)35-12-5-2-6-13-35)33-51(48)42-29-26-39(27-30-42)43-15-9-16-45-44-14-7-8-17-49(44)52-50(43)45;1-3-10-26(11-4-1)29-20-23-36-34(24-29)35(27-12-5-2-6-13-27)25-39(36)30-21-18-28(19-22-30)31-15-9-16-33-32-14-7-8-17-37(32)40-38(31)33;1-3-9-26(10-4-1)29-17-21-36-33(23-29)35(28-11-5-2-6-12-28)25-39(36)31-19-15-27(16-20-31)30-18-22-38-34(24-30)32-13-7-8-14-37(32)40-38/h1-33H;2*1-25H. The molecule has 0 saturated carbocycles. The Balaban J connectivity index is 0.000000111. The van der Waals surface area contributed by atoms with Crippen LogP contribution in [-0.2, 0) is 0 Å². The molecule has 3 nitrogen and oxygen atoms in total. The van der Waals surface area contributed by atoms with Gasteiger partial charge in [0.25, 0.3) is 0 Å². The fourth-order valence-corrected chi connectivity index (χ4v) is 22.9. The van der Waals surface area contributed by atoms with Gasteiger partial charge in [-0.15, -0.1) is 34.0 Å². The summed E-state index contributed by atoms with van der Waals surface area (Å²) >= 11 is 5.62. The maximum atomic E-state index is 2.36. The Morgan fingerprint density at radius 1 is 0.129 bits per heavy atom. The molecule has 20 aromatic carbocycles. The number of fused-ring (bicyclic) bond motifs is 12. The number of hydrogen-bond acceptors (Lipinski definition) is 3. The van der Waals surface area contributed by atoms with Crippen molar-refractivity contribution in [1.82, 2.24) is 13.7 Å². The van der Waals surface area contributed by atoms with E-state index in [0.717, 1.165) is 17.1 Å². The normalized spacial score (nSPS) is 11.5. The van der Waals surface area contributed by atoms with Crippen LogP contribution < -0.4 is 0 Å². The van der Waals surface area contributed by atoms with E-state index in [1.807, 2.05) is 34.0 Å². The number of hydrogen-bond donors (Lipinski definition) is 0. The molecule has 0 unspecified atom stereocenters. The molecule has 0 saturated heterocycles. The van der Waals surface area contributed by atoms with Gasteiger partial charge in [0.05, 0.1) is 16.6 Å². The summed E-state index contributed by atoms with van der Waals surface area (Å²) < 4.78 is 15.0. The molecule has 6 heteroatoms. The summed E-state index contributed by atoms with van der Waals surface area (Å²) in [4.78, 5) is 0. The molecule has 0 N–H and O–H groups in total. The van der Waals surface area contributed by atoms with Crippen molar-refractivity contribution in [1.29, 1.82) is 0 Å². The Morgan fingerprint density at radius 2 is 0.348 bits per heavy atom. The van der Waals surface area contributed by atoms with Crippen molar-refractivity contribution in [3.8, 4) is 139 Å². The van der Waals surface area contributed by atoms with E-state index < -0.39 is 0 Å². The summed E-state index contributed by atoms with van der Waals surface area (Å²) in [5.74, 6) is 0. The second-order valence-electron chi connectivity index (χ2n) is 33.8. The molecule has 0 radical (unpaired) electrons. The number of rotatable bonds is 14. The monoisotopic (exact) mass is 1730 g/mol. The van der Waals surface area contributed by atoms with E-state index in [1.165, 1.54) is 216 Å². The first kappa shape index (κ1) is 79.1. The number of benzene rings is 20. The molecular formula is C126H83N3S3. The summed E-state index contributed by atoms with van der Waals surface area (Å²) in [5, 5.41) is 11.7. The van der Waals surface area contributed by atoms with Crippen molar-refractivity contribution < 1.29 is 0 Å². The highest BCUT2D eigenvalue weighted by molar-refractivity contribution is 7.27. The number of nitrogens with zero attached hydrogens (tertiary/aromatic N) is 3. The molecule has 26 rings (SSSR count). The van der Waals surface area contributed by atoms with Crippen LogP contribution in [0.5, 0.6) is 0 Å². The average molecular weight is 1740 g/mol. The lowest BCUT2D eigenvalue weighted by atomic mass is 9.97. The Bertz CT molecular complexity index is 8720. The molecule has 0 aliphatic carbocycles. The zero-order valence-electron chi connectivity index (χ0n) is 72.0. The van der Waals surface area contributed by atoms with Crippen molar-refractivity contribution in [3.05, 3.63) is 504 Å². The summed E-state index contributed by atoms with van der Waals surface area (Å²) in [6, 6.07) is 176. The van der Waals surface area contributed by atoms with Gasteiger partial charge in [-0.25, -0.2) is 0 Å². The van der Waals surface area contributed by atoms with Crippen molar-refractivity contribution in [3.63, 3.8) is 0 Å². The van der Waals surface area contributed by atoms with Crippen molar-refractivity contribution in [2.24, 2.45) is 0 Å². The van der Waals surface area contributed by atoms with Gasteiger partial charge in [-0.2, -0.15) is 0 Å². The van der Waals surface area contributed by atoms with Gasteiger partial charge in [0.2, 0.25) is 0 Å². The second-order valence-corrected chi connectivity index (χ2v) is 37.0. The van der Waals surface area contributed by atoms with Gasteiger partial charge in [0.15, 0.2) is 0 Å². The van der Waals surface area contributed by atoms with E-state index in [4.69, 9.17) is 0 Å². The van der Waals surface area contributed by atoms with Crippen LogP contribution in [0.3, 0.4) is 0 Å².